The molecule has 0 amide bonds. The maximum absolute atomic E-state index is 13.6. The number of benzene rings is 2. The highest BCUT2D eigenvalue weighted by molar-refractivity contribution is 5.54. The third-order valence-electron chi connectivity index (χ3n) is 2.91. The number of halogens is 2. The minimum absolute atomic E-state index is 0.0679. The van der Waals surface area contributed by atoms with Crippen molar-refractivity contribution in [3.63, 3.8) is 0 Å². The fraction of sp³-hybridized carbons (Fsp3) is 0.200. The smallest absolute Gasteiger partial charge is 0.151 e. The van der Waals surface area contributed by atoms with Gasteiger partial charge in [-0.2, -0.15) is 0 Å². The zero-order valence-corrected chi connectivity index (χ0v) is 11.1. The molecule has 0 aliphatic rings. The summed E-state index contributed by atoms with van der Waals surface area (Å²) in [6.45, 7) is 0.408. The zero-order chi connectivity index (χ0) is 14.5. The third kappa shape index (κ3) is 3.38. The van der Waals surface area contributed by atoms with Gasteiger partial charge in [-0.3, -0.25) is 0 Å². The minimum atomic E-state index is -0.687. The normalized spacial score (nSPS) is 10.3. The number of hydrogen-bond donors (Lipinski definition) is 2. The molecule has 106 valence electrons. The molecule has 0 saturated heterocycles. The summed E-state index contributed by atoms with van der Waals surface area (Å²) in [6, 6.07) is 9.72. The Kier molecular flexibility index (Phi) is 4.40. The maximum atomic E-state index is 13.6. The monoisotopic (exact) mass is 278 g/mol. The fourth-order valence-corrected chi connectivity index (χ4v) is 1.92. The molecule has 0 aromatic heterocycles. The van der Waals surface area contributed by atoms with E-state index in [0.717, 1.165) is 23.4 Å². The van der Waals surface area contributed by atoms with Gasteiger partial charge in [0.15, 0.2) is 11.6 Å². The second-order valence-corrected chi connectivity index (χ2v) is 4.39. The Balaban J connectivity index is 1.99. The lowest BCUT2D eigenvalue weighted by Crippen LogP contribution is -2.08. The van der Waals surface area contributed by atoms with Crippen molar-refractivity contribution in [2.45, 2.75) is 6.42 Å². The lowest BCUT2D eigenvalue weighted by molar-refractivity contribution is 0.414. The van der Waals surface area contributed by atoms with Gasteiger partial charge in [-0.05, 0) is 36.2 Å². The number of nitrogen functional groups attached to an aromatic ring is 1. The Morgan fingerprint density at radius 2 is 1.85 bits per heavy atom. The topological polar surface area (TPSA) is 47.3 Å². The molecule has 0 fully saturated rings. The van der Waals surface area contributed by atoms with Crippen LogP contribution >= 0.6 is 0 Å². The Hall–Kier alpha value is -2.30. The molecule has 0 atom stereocenters. The van der Waals surface area contributed by atoms with Crippen molar-refractivity contribution < 1.29 is 13.5 Å². The summed E-state index contributed by atoms with van der Waals surface area (Å²) < 4.78 is 32.2. The van der Waals surface area contributed by atoms with Gasteiger partial charge in [0.05, 0.1) is 7.11 Å². The number of hydrogen-bond acceptors (Lipinski definition) is 3. The quantitative estimate of drug-likeness (QED) is 0.826. The summed E-state index contributed by atoms with van der Waals surface area (Å²) >= 11 is 0. The molecular weight excluding hydrogens is 262 g/mol. The number of anilines is 2. The summed E-state index contributed by atoms with van der Waals surface area (Å²) in [5.41, 5.74) is 6.30. The van der Waals surface area contributed by atoms with Crippen molar-refractivity contribution in [2.24, 2.45) is 0 Å². The van der Waals surface area contributed by atoms with E-state index in [2.05, 4.69) is 5.32 Å². The van der Waals surface area contributed by atoms with Crippen LogP contribution in [0.3, 0.4) is 0 Å². The van der Waals surface area contributed by atoms with E-state index < -0.39 is 11.6 Å². The van der Waals surface area contributed by atoms with Crippen LogP contribution in [0, 0.1) is 11.6 Å². The van der Waals surface area contributed by atoms with E-state index in [9.17, 15) is 8.78 Å². The van der Waals surface area contributed by atoms with E-state index >= 15 is 0 Å². The first-order valence-electron chi connectivity index (χ1n) is 6.21. The molecule has 0 saturated carbocycles. The standard InChI is InChI=1S/C15H16F2N2O/c1-20-12-4-2-3-10(7-12)5-6-19-15-13(16)8-11(18)9-14(15)17/h2-4,7-9,19H,5-6,18H2,1H3. The predicted molar refractivity (Wildman–Crippen MR) is 76.0 cm³/mol. The Morgan fingerprint density at radius 3 is 2.50 bits per heavy atom. The van der Waals surface area contributed by atoms with Gasteiger partial charge in [-0.25, -0.2) is 8.78 Å². The summed E-state index contributed by atoms with van der Waals surface area (Å²) in [7, 11) is 1.59. The Bertz CT molecular complexity index is 579. The van der Waals surface area contributed by atoms with Crippen LogP contribution < -0.4 is 15.8 Å². The van der Waals surface area contributed by atoms with Crippen molar-refractivity contribution in [3.8, 4) is 5.75 Å². The number of methoxy groups -OCH3 is 1. The second kappa shape index (κ2) is 6.23. The summed E-state index contributed by atoms with van der Waals surface area (Å²) in [5, 5.41) is 2.75. The molecular formula is C15H16F2N2O. The molecule has 0 unspecified atom stereocenters. The van der Waals surface area contributed by atoms with E-state index in [1.54, 1.807) is 7.11 Å². The van der Waals surface area contributed by atoms with Gasteiger partial charge in [0.25, 0.3) is 0 Å². The lowest BCUT2D eigenvalue weighted by Gasteiger charge is -2.10. The van der Waals surface area contributed by atoms with Gasteiger partial charge in [-0.15, -0.1) is 0 Å². The second-order valence-electron chi connectivity index (χ2n) is 4.39. The number of rotatable bonds is 5. The predicted octanol–water partition coefficient (Wildman–Crippen LogP) is 3.21. The molecule has 3 N–H and O–H groups in total. The van der Waals surface area contributed by atoms with Crippen LogP contribution in [-0.2, 0) is 6.42 Å². The summed E-state index contributed by atoms with van der Waals surface area (Å²) in [4.78, 5) is 0. The van der Waals surface area contributed by atoms with Crippen LogP contribution in [0.2, 0.25) is 0 Å². The molecule has 0 heterocycles. The average molecular weight is 278 g/mol. The first kappa shape index (κ1) is 14.1. The van der Waals surface area contributed by atoms with Crippen LogP contribution in [0.4, 0.5) is 20.2 Å². The largest absolute Gasteiger partial charge is 0.497 e. The SMILES string of the molecule is COc1cccc(CCNc2c(F)cc(N)cc2F)c1. The molecule has 0 spiro atoms. The van der Waals surface area contributed by atoms with Crippen LogP contribution in [0.5, 0.6) is 5.75 Å². The summed E-state index contributed by atoms with van der Waals surface area (Å²) in [5.74, 6) is -0.617. The molecule has 20 heavy (non-hydrogen) atoms. The Labute approximate surface area is 116 Å². The highest BCUT2D eigenvalue weighted by atomic mass is 19.1. The van der Waals surface area contributed by atoms with E-state index in [1.165, 1.54) is 0 Å². The molecule has 2 aromatic carbocycles. The first-order valence-corrected chi connectivity index (χ1v) is 6.21. The number of ether oxygens (including phenoxy) is 1. The van der Waals surface area contributed by atoms with E-state index in [0.29, 0.717) is 13.0 Å². The van der Waals surface area contributed by atoms with Crippen molar-refractivity contribution >= 4 is 11.4 Å². The van der Waals surface area contributed by atoms with Crippen LogP contribution in [-0.4, -0.2) is 13.7 Å². The van der Waals surface area contributed by atoms with Crippen molar-refractivity contribution in [3.05, 3.63) is 53.6 Å². The first-order chi connectivity index (χ1) is 9.60. The molecule has 0 bridgehead atoms. The van der Waals surface area contributed by atoms with Crippen LogP contribution in [0.1, 0.15) is 5.56 Å². The van der Waals surface area contributed by atoms with E-state index in [1.807, 2.05) is 24.3 Å². The molecule has 0 aliphatic carbocycles. The molecule has 5 heteroatoms. The lowest BCUT2D eigenvalue weighted by atomic mass is 10.1. The molecule has 2 rings (SSSR count). The van der Waals surface area contributed by atoms with Gasteiger partial charge in [0, 0.05) is 12.2 Å². The van der Waals surface area contributed by atoms with Gasteiger partial charge < -0.3 is 15.8 Å². The highest BCUT2D eigenvalue weighted by Crippen LogP contribution is 2.22. The van der Waals surface area contributed by atoms with Crippen molar-refractivity contribution in [1.29, 1.82) is 0 Å². The van der Waals surface area contributed by atoms with Gasteiger partial charge in [0.1, 0.15) is 11.4 Å². The molecule has 0 aliphatic heterocycles. The number of nitrogens with one attached hydrogen (secondary N) is 1. The van der Waals surface area contributed by atoms with Crippen LogP contribution in [0.15, 0.2) is 36.4 Å². The fourth-order valence-electron chi connectivity index (χ4n) is 1.92. The summed E-state index contributed by atoms with van der Waals surface area (Å²) in [6.07, 6.45) is 0.625. The van der Waals surface area contributed by atoms with Gasteiger partial charge >= 0.3 is 0 Å². The molecule has 3 nitrogen and oxygen atoms in total. The van der Waals surface area contributed by atoms with Gasteiger partial charge in [-0.1, -0.05) is 12.1 Å². The highest BCUT2D eigenvalue weighted by Gasteiger charge is 2.09. The minimum Gasteiger partial charge on any atom is -0.497 e. The Morgan fingerprint density at radius 1 is 1.15 bits per heavy atom. The molecule has 2 aromatic rings. The molecule has 0 radical (unpaired) electrons. The van der Waals surface area contributed by atoms with E-state index in [-0.39, 0.29) is 11.4 Å². The van der Waals surface area contributed by atoms with E-state index in [4.69, 9.17) is 10.5 Å². The van der Waals surface area contributed by atoms with Crippen molar-refractivity contribution in [2.75, 3.05) is 24.7 Å². The zero-order valence-electron chi connectivity index (χ0n) is 11.1. The van der Waals surface area contributed by atoms with Crippen LogP contribution in [0.25, 0.3) is 0 Å². The third-order valence-corrected chi connectivity index (χ3v) is 2.91. The maximum Gasteiger partial charge on any atom is 0.151 e. The average Bonchev–Trinajstić information content (AvgIpc) is 2.42. The van der Waals surface area contributed by atoms with Crippen molar-refractivity contribution in [1.82, 2.24) is 0 Å². The van der Waals surface area contributed by atoms with Gasteiger partial charge in [0.2, 0.25) is 0 Å². The number of nitrogens with two attached hydrogens (primary N) is 1.